The number of hydrogen-bond acceptors (Lipinski definition) is 3. The van der Waals surface area contributed by atoms with Gasteiger partial charge in [-0.2, -0.15) is 5.26 Å². The average molecular weight is 251 g/mol. The van der Waals surface area contributed by atoms with Crippen LogP contribution in [-0.4, -0.2) is 18.6 Å². The van der Waals surface area contributed by atoms with E-state index in [1.807, 2.05) is 6.07 Å². The van der Waals surface area contributed by atoms with Gasteiger partial charge in [-0.3, -0.25) is 4.79 Å². The Labute approximate surface area is 104 Å². The number of rotatable bonds is 4. The second kappa shape index (κ2) is 5.07. The predicted octanol–water partition coefficient (Wildman–Crippen LogP) is 1.87. The van der Waals surface area contributed by atoms with E-state index in [2.05, 4.69) is 5.32 Å². The van der Waals surface area contributed by atoms with E-state index in [0.717, 1.165) is 12.8 Å². The Morgan fingerprint density at radius 1 is 1.59 bits per heavy atom. The number of carbonyl (C=O) groups is 1. The van der Waals surface area contributed by atoms with Gasteiger partial charge in [0.1, 0.15) is 11.8 Å². The van der Waals surface area contributed by atoms with Gasteiger partial charge in [-0.1, -0.05) is 11.6 Å². The van der Waals surface area contributed by atoms with Gasteiger partial charge in [-0.15, -0.1) is 0 Å². The van der Waals surface area contributed by atoms with E-state index in [9.17, 15) is 4.79 Å². The molecular weight excluding hydrogens is 240 g/mol. The average Bonchev–Trinajstić information content (AvgIpc) is 3.10. The molecule has 0 bridgehead atoms. The summed E-state index contributed by atoms with van der Waals surface area (Å²) in [7, 11) is 0. The smallest absolute Gasteiger partial charge is 0.258 e. The standard InChI is InChI=1S/C12H11ClN2O2/c13-11-5-10(4-1-8(11)6-14)17-7-12(16)15-9-2-3-9/h1,4-5,9H,2-3,7H2,(H,15,16). The minimum Gasteiger partial charge on any atom is -0.484 e. The molecule has 0 atom stereocenters. The van der Waals surface area contributed by atoms with Gasteiger partial charge in [-0.05, 0) is 25.0 Å². The van der Waals surface area contributed by atoms with Crippen LogP contribution in [-0.2, 0) is 4.79 Å². The highest BCUT2D eigenvalue weighted by atomic mass is 35.5. The van der Waals surface area contributed by atoms with E-state index < -0.39 is 0 Å². The van der Waals surface area contributed by atoms with Crippen LogP contribution in [0.25, 0.3) is 0 Å². The van der Waals surface area contributed by atoms with Crippen LogP contribution in [0.3, 0.4) is 0 Å². The van der Waals surface area contributed by atoms with Crippen molar-refractivity contribution in [2.45, 2.75) is 18.9 Å². The first-order valence-electron chi connectivity index (χ1n) is 5.31. The quantitative estimate of drug-likeness (QED) is 0.887. The number of ether oxygens (including phenoxy) is 1. The zero-order valence-corrected chi connectivity index (χ0v) is 9.83. The largest absolute Gasteiger partial charge is 0.484 e. The highest BCUT2D eigenvalue weighted by molar-refractivity contribution is 6.31. The molecule has 0 saturated heterocycles. The van der Waals surface area contributed by atoms with Crippen molar-refractivity contribution in [2.75, 3.05) is 6.61 Å². The van der Waals surface area contributed by atoms with Crippen LogP contribution in [0.1, 0.15) is 18.4 Å². The van der Waals surface area contributed by atoms with Crippen LogP contribution in [0.5, 0.6) is 5.75 Å². The summed E-state index contributed by atoms with van der Waals surface area (Å²) in [6.45, 7) is -0.0290. The van der Waals surface area contributed by atoms with E-state index in [1.165, 1.54) is 6.07 Å². The molecule has 0 aliphatic heterocycles. The molecule has 1 fully saturated rings. The van der Waals surface area contributed by atoms with E-state index in [4.69, 9.17) is 21.6 Å². The van der Waals surface area contributed by atoms with E-state index in [1.54, 1.807) is 12.1 Å². The molecule has 1 N–H and O–H groups in total. The molecule has 1 aromatic carbocycles. The van der Waals surface area contributed by atoms with Crippen molar-refractivity contribution in [1.29, 1.82) is 5.26 Å². The molecule has 0 radical (unpaired) electrons. The molecule has 0 heterocycles. The lowest BCUT2D eigenvalue weighted by Gasteiger charge is -2.07. The summed E-state index contributed by atoms with van der Waals surface area (Å²) < 4.78 is 5.27. The van der Waals surface area contributed by atoms with Gasteiger partial charge in [0.2, 0.25) is 0 Å². The molecule has 2 rings (SSSR count). The van der Waals surface area contributed by atoms with Crippen LogP contribution < -0.4 is 10.1 Å². The number of benzene rings is 1. The zero-order chi connectivity index (χ0) is 12.3. The molecule has 0 aromatic heterocycles. The minimum absolute atomic E-state index is 0.0290. The zero-order valence-electron chi connectivity index (χ0n) is 9.07. The Balaban J connectivity index is 1.88. The summed E-state index contributed by atoms with van der Waals surface area (Å²) in [6, 6.07) is 7.00. The maximum atomic E-state index is 11.4. The molecule has 17 heavy (non-hydrogen) atoms. The maximum Gasteiger partial charge on any atom is 0.258 e. The summed E-state index contributed by atoms with van der Waals surface area (Å²) in [5.41, 5.74) is 0.390. The van der Waals surface area contributed by atoms with Crippen LogP contribution >= 0.6 is 11.6 Å². The number of hydrogen-bond donors (Lipinski definition) is 1. The number of nitrogens with one attached hydrogen (secondary N) is 1. The monoisotopic (exact) mass is 250 g/mol. The fourth-order valence-corrected chi connectivity index (χ4v) is 1.53. The third-order valence-electron chi connectivity index (χ3n) is 2.37. The van der Waals surface area contributed by atoms with Gasteiger partial charge in [-0.25, -0.2) is 0 Å². The first kappa shape index (κ1) is 11.7. The maximum absolute atomic E-state index is 11.4. The molecule has 1 aromatic rings. The Kier molecular flexibility index (Phi) is 3.50. The molecule has 1 saturated carbocycles. The van der Waals surface area contributed by atoms with Crippen LogP contribution in [0.4, 0.5) is 0 Å². The van der Waals surface area contributed by atoms with Gasteiger partial charge in [0.05, 0.1) is 10.6 Å². The molecule has 5 heteroatoms. The summed E-state index contributed by atoms with van der Waals surface area (Å²) >= 11 is 5.84. The molecule has 0 spiro atoms. The highest BCUT2D eigenvalue weighted by Crippen LogP contribution is 2.22. The number of amides is 1. The van der Waals surface area contributed by atoms with Crippen molar-refractivity contribution in [1.82, 2.24) is 5.32 Å². The van der Waals surface area contributed by atoms with Gasteiger partial charge in [0.15, 0.2) is 6.61 Å². The van der Waals surface area contributed by atoms with Crippen LogP contribution in [0, 0.1) is 11.3 Å². The molecule has 1 amide bonds. The van der Waals surface area contributed by atoms with Crippen molar-refractivity contribution in [3.63, 3.8) is 0 Å². The lowest BCUT2D eigenvalue weighted by Crippen LogP contribution is -2.30. The fourth-order valence-electron chi connectivity index (χ4n) is 1.32. The predicted molar refractivity (Wildman–Crippen MR) is 62.8 cm³/mol. The minimum atomic E-state index is -0.131. The second-order valence-electron chi connectivity index (χ2n) is 3.88. The third kappa shape index (κ3) is 3.36. The van der Waals surface area contributed by atoms with Gasteiger partial charge in [0.25, 0.3) is 5.91 Å². The second-order valence-corrected chi connectivity index (χ2v) is 4.29. The molecular formula is C12H11ClN2O2. The number of nitriles is 1. The van der Waals surface area contributed by atoms with E-state index >= 15 is 0 Å². The van der Waals surface area contributed by atoms with Gasteiger partial charge < -0.3 is 10.1 Å². The highest BCUT2D eigenvalue weighted by Gasteiger charge is 2.23. The van der Waals surface area contributed by atoms with Crippen molar-refractivity contribution in [3.8, 4) is 11.8 Å². The lowest BCUT2D eigenvalue weighted by molar-refractivity contribution is -0.123. The summed E-state index contributed by atoms with van der Waals surface area (Å²) in [6.07, 6.45) is 2.10. The molecule has 0 unspecified atom stereocenters. The number of halogens is 1. The Hall–Kier alpha value is -1.73. The summed E-state index contributed by atoms with van der Waals surface area (Å²) in [5, 5.41) is 11.8. The van der Waals surface area contributed by atoms with Crippen molar-refractivity contribution < 1.29 is 9.53 Å². The Morgan fingerprint density at radius 3 is 2.94 bits per heavy atom. The summed E-state index contributed by atoms with van der Waals surface area (Å²) in [4.78, 5) is 11.4. The Bertz CT molecular complexity index is 478. The first-order chi connectivity index (χ1) is 8.19. The van der Waals surface area contributed by atoms with Crippen LogP contribution in [0.15, 0.2) is 18.2 Å². The molecule has 1 aliphatic rings. The normalized spacial score (nSPS) is 13.9. The third-order valence-corrected chi connectivity index (χ3v) is 2.69. The molecule has 1 aliphatic carbocycles. The fraction of sp³-hybridized carbons (Fsp3) is 0.333. The van der Waals surface area contributed by atoms with Crippen molar-refractivity contribution in [2.24, 2.45) is 0 Å². The molecule has 88 valence electrons. The van der Waals surface area contributed by atoms with E-state index in [-0.39, 0.29) is 12.5 Å². The van der Waals surface area contributed by atoms with Crippen molar-refractivity contribution >= 4 is 17.5 Å². The SMILES string of the molecule is N#Cc1ccc(OCC(=O)NC2CC2)cc1Cl. The topological polar surface area (TPSA) is 62.1 Å². The van der Waals surface area contributed by atoms with Gasteiger partial charge in [0, 0.05) is 12.1 Å². The molecule has 4 nitrogen and oxygen atoms in total. The number of nitrogens with zero attached hydrogens (tertiary/aromatic N) is 1. The lowest BCUT2D eigenvalue weighted by atomic mass is 10.2. The first-order valence-corrected chi connectivity index (χ1v) is 5.68. The number of carbonyl (C=O) groups excluding carboxylic acids is 1. The van der Waals surface area contributed by atoms with Crippen LogP contribution in [0.2, 0.25) is 5.02 Å². The Morgan fingerprint density at radius 2 is 2.35 bits per heavy atom. The van der Waals surface area contributed by atoms with E-state index in [0.29, 0.717) is 22.4 Å². The van der Waals surface area contributed by atoms with Crippen molar-refractivity contribution in [3.05, 3.63) is 28.8 Å². The van der Waals surface area contributed by atoms with Gasteiger partial charge >= 0.3 is 0 Å². The summed E-state index contributed by atoms with van der Waals surface area (Å²) in [5.74, 6) is 0.355.